The van der Waals surface area contributed by atoms with Crippen LogP contribution in [0.3, 0.4) is 0 Å². The van der Waals surface area contributed by atoms with Crippen molar-refractivity contribution in [2.24, 2.45) is 0 Å². The van der Waals surface area contributed by atoms with Gasteiger partial charge in [0.05, 0.1) is 5.56 Å². The maximum absolute atomic E-state index is 13.0. The van der Waals surface area contributed by atoms with E-state index in [0.29, 0.717) is 0 Å². The molecule has 4 heterocycles. The second-order valence-electron chi connectivity index (χ2n) is 19.1. The minimum absolute atomic E-state index is 0.140. The molecule has 4 aromatic rings. The molecule has 1 unspecified atom stereocenters. The summed E-state index contributed by atoms with van der Waals surface area (Å²) in [5, 5.41) is 158. The predicted octanol–water partition coefficient (Wildman–Crippen LogP) is -1.23. The summed E-state index contributed by atoms with van der Waals surface area (Å²) in [7, 11) is 0. The van der Waals surface area contributed by atoms with Gasteiger partial charge in [0.15, 0.2) is 41.5 Å². The van der Waals surface area contributed by atoms with Crippen LogP contribution < -0.4 is 9.47 Å². The number of carboxylic acids is 1. The molecule has 16 atom stereocenters. The first kappa shape index (κ1) is 60.8. The third-order valence-corrected chi connectivity index (χ3v) is 13.1. The second kappa shape index (κ2) is 26.3. The van der Waals surface area contributed by atoms with Gasteiger partial charge in [-0.1, -0.05) is 24.3 Å². The molecule has 0 amide bonds. The van der Waals surface area contributed by atoms with Gasteiger partial charge < -0.3 is 124 Å². The van der Waals surface area contributed by atoms with E-state index in [-0.39, 0.29) is 39.5 Å². The van der Waals surface area contributed by atoms with Crippen LogP contribution in [0.25, 0.3) is 18.2 Å². The zero-order valence-electron chi connectivity index (χ0n) is 42.8. The second-order valence-corrected chi connectivity index (χ2v) is 19.1. The first-order valence-electron chi connectivity index (χ1n) is 25.0. The van der Waals surface area contributed by atoms with E-state index in [9.17, 15) is 90.7 Å². The average Bonchev–Trinajstić information content (AvgIpc) is 2.98. The Balaban J connectivity index is 1.10. The number of aliphatic carboxylic acids is 1. The highest BCUT2D eigenvalue weighted by Crippen LogP contribution is 2.46. The van der Waals surface area contributed by atoms with Gasteiger partial charge in [0.2, 0.25) is 12.6 Å². The highest BCUT2D eigenvalue weighted by molar-refractivity contribution is 5.90. The number of esters is 3. The van der Waals surface area contributed by atoms with Crippen molar-refractivity contribution in [2.45, 2.75) is 105 Å². The molecule has 4 aromatic carbocycles. The number of hydrogen-bond donors (Lipinski definition) is 15. The number of carbonyl (C=O) groups excluding carboxylic acids is 3. The van der Waals surface area contributed by atoms with E-state index in [4.69, 9.17) is 52.5 Å². The minimum atomic E-state index is -2.18. The van der Waals surface area contributed by atoms with E-state index in [1.807, 2.05) is 0 Å². The number of ether oxygens (including phenoxy) is 10. The van der Waals surface area contributed by atoms with Crippen LogP contribution in [0.2, 0.25) is 0 Å². The van der Waals surface area contributed by atoms with Gasteiger partial charge in [-0.15, -0.1) is 0 Å². The molecule has 0 radical (unpaired) electrons. The Bertz CT molecular complexity index is 3070. The van der Waals surface area contributed by atoms with E-state index in [2.05, 4.69) is 0 Å². The standard InChI is InChI=1S/C54H56O29/c55-25-7-5-24(6-8-25)50-34(17-27-32(77-50)15-26(56)16-33(27)78-52-48(72)45(69)43(67)36(80-52)21-76-41(65)18-38(61)62)79-54-51(47(71)44(68)37(82-54)20-75-40(64)12-4-23-2-10-29(58)31(60)14-23)83-53-49(73)46(70)42(66)35(81-53)19-74-39(63)11-3-22-1-9-28(57)30(59)13-22/h1-17,35-37,42-60,66-73H,18-21H2,(H,61,62)/b11-3+,12-4+/t35-,36-,37-,42-,43-,44-,45+,46+,47+,48-,49-,50?,51-,52-,53+,54-/m1/s1. The highest BCUT2D eigenvalue weighted by atomic mass is 16.8. The van der Waals surface area contributed by atoms with Gasteiger partial charge in [-0.25, -0.2) is 9.59 Å². The fraction of sp³-hybridized carbons (Fsp3) is 0.370. The number of hydrogen-bond acceptors (Lipinski definition) is 28. The minimum Gasteiger partial charge on any atom is -0.508 e. The summed E-state index contributed by atoms with van der Waals surface area (Å²) in [6.45, 7) is -2.47. The number of rotatable bonds is 19. The molecule has 446 valence electrons. The summed E-state index contributed by atoms with van der Waals surface area (Å²) in [5.74, 6) is -8.33. The summed E-state index contributed by atoms with van der Waals surface area (Å²) < 4.78 is 57.8. The molecule has 0 bridgehead atoms. The number of fused-ring (bicyclic) bond motifs is 1. The molecule has 29 heteroatoms. The Morgan fingerprint density at radius 1 is 0.506 bits per heavy atom. The van der Waals surface area contributed by atoms with E-state index >= 15 is 0 Å². The van der Waals surface area contributed by atoms with E-state index in [1.165, 1.54) is 54.6 Å². The maximum Gasteiger partial charge on any atom is 0.330 e. The largest absolute Gasteiger partial charge is 0.508 e. The van der Waals surface area contributed by atoms with Crippen molar-refractivity contribution in [2.75, 3.05) is 19.8 Å². The van der Waals surface area contributed by atoms with Crippen molar-refractivity contribution in [3.63, 3.8) is 0 Å². The van der Waals surface area contributed by atoms with Crippen molar-refractivity contribution in [1.29, 1.82) is 0 Å². The fourth-order valence-electron chi connectivity index (χ4n) is 8.71. The SMILES string of the molecule is O=C(O)CC(=O)OC[C@H]1O[C@@H](Oc2cc(O)cc3c2C=C(O[C@@H]2O[C@H](COC(=O)/C=C/c4ccc(O)c(O)c4)[C@@H](O)[C@H](O)[C@H]2O[C@@H]2O[C@H](COC(=O)/C=C/c4ccc(O)c(O)c4)[C@@H](O)[C@H](O)[C@H]2O)C(c2ccc(O)cc2)O3)[C@H](O)[C@@H](O)[C@@H]1O. The first-order chi connectivity index (χ1) is 39.4. The Morgan fingerprint density at radius 3 is 1.55 bits per heavy atom. The van der Waals surface area contributed by atoms with Crippen molar-refractivity contribution < 1.29 is 143 Å². The zero-order chi connectivity index (χ0) is 60.0. The number of carboxylic acid groups (broad SMARTS) is 1. The fourth-order valence-corrected chi connectivity index (χ4v) is 8.71. The van der Waals surface area contributed by atoms with Gasteiger partial charge >= 0.3 is 23.9 Å². The molecule has 3 saturated heterocycles. The molecule has 4 aliphatic rings. The third-order valence-electron chi connectivity index (χ3n) is 13.1. The van der Waals surface area contributed by atoms with Crippen molar-refractivity contribution in [1.82, 2.24) is 0 Å². The molecular formula is C54H56O29. The molecular weight excluding hydrogens is 1110 g/mol. The van der Waals surface area contributed by atoms with Crippen LogP contribution in [0.15, 0.2) is 90.7 Å². The molecule has 0 spiro atoms. The van der Waals surface area contributed by atoms with Crippen LogP contribution in [0.4, 0.5) is 0 Å². The van der Waals surface area contributed by atoms with Gasteiger partial charge in [0.25, 0.3) is 0 Å². The number of aliphatic hydroxyl groups is 8. The molecule has 0 saturated carbocycles. The number of carbonyl (C=O) groups is 4. The smallest absolute Gasteiger partial charge is 0.330 e. The monoisotopic (exact) mass is 1170 g/mol. The molecule has 3 fully saturated rings. The van der Waals surface area contributed by atoms with E-state index < -0.39 is 183 Å². The summed E-state index contributed by atoms with van der Waals surface area (Å²) in [6.07, 6.45) is -26.7. The highest BCUT2D eigenvalue weighted by Gasteiger charge is 2.53. The normalized spacial score (nSPS) is 29.7. The number of aliphatic hydroxyl groups excluding tert-OH is 8. The van der Waals surface area contributed by atoms with Gasteiger partial charge in [-0.2, -0.15) is 0 Å². The summed E-state index contributed by atoms with van der Waals surface area (Å²) >= 11 is 0. The first-order valence-corrected chi connectivity index (χ1v) is 25.0. The third kappa shape index (κ3) is 14.7. The number of benzene rings is 4. The molecule has 0 aromatic heterocycles. The Morgan fingerprint density at radius 2 is 1.01 bits per heavy atom. The van der Waals surface area contributed by atoms with Crippen molar-refractivity contribution in [3.8, 4) is 46.0 Å². The molecule has 29 nitrogen and oxygen atoms in total. The lowest BCUT2D eigenvalue weighted by Gasteiger charge is -2.46. The lowest BCUT2D eigenvalue weighted by atomic mass is 9.97. The van der Waals surface area contributed by atoms with Crippen LogP contribution >= 0.6 is 0 Å². The van der Waals surface area contributed by atoms with Crippen LogP contribution in [0.1, 0.15) is 34.8 Å². The number of aromatic hydroxyl groups is 6. The summed E-state index contributed by atoms with van der Waals surface area (Å²) in [5.41, 5.74) is 0.584. The lowest BCUT2D eigenvalue weighted by molar-refractivity contribution is -0.364. The Hall–Kier alpha value is -8.30. The molecule has 0 aliphatic carbocycles. The van der Waals surface area contributed by atoms with Crippen molar-refractivity contribution in [3.05, 3.63) is 113 Å². The predicted molar refractivity (Wildman–Crippen MR) is 271 cm³/mol. The summed E-state index contributed by atoms with van der Waals surface area (Å²) in [4.78, 5) is 48.8. The van der Waals surface area contributed by atoms with Crippen LogP contribution in [-0.2, 0) is 57.1 Å². The van der Waals surface area contributed by atoms with Gasteiger partial charge in [0.1, 0.15) is 122 Å². The summed E-state index contributed by atoms with van der Waals surface area (Å²) in [6, 6.07) is 14.7. The van der Waals surface area contributed by atoms with Crippen LogP contribution in [-0.4, -0.2) is 212 Å². The number of phenolic OH excluding ortho intramolecular Hbond substituents is 6. The Labute approximate surface area is 467 Å². The topological polar surface area (TPSA) is 464 Å². The van der Waals surface area contributed by atoms with Gasteiger partial charge in [0, 0.05) is 29.8 Å². The average molecular weight is 1170 g/mol. The molecule has 15 N–H and O–H groups in total. The molecule has 8 rings (SSSR count). The van der Waals surface area contributed by atoms with Crippen molar-refractivity contribution >= 4 is 42.1 Å². The zero-order valence-corrected chi connectivity index (χ0v) is 42.8. The maximum atomic E-state index is 13.0. The van der Waals surface area contributed by atoms with Crippen LogP contribution in [0.5, 0.6) is 46.0 Å². The van der Waals surface area contributed by atoms with E-state index in [0.717, 1.165) is 48.6 Å². The molecule has 4 aliphatic heterocycles. The van der Waals surface area contributed by atoms with E-state index in [1.54, 1.807) is 0 Å². The Kier molecular flexibility index (Phi) is 19.3. The van der Waals surface area contributed by atoms with Gasteiger partial charge in [-0.05, 0) is 65.8 Å². The number of phenols is 6. The quantitative estimate of drug-likeness (QED) is 0.0172. The van der Waals surface area contributed by atoms with Gasteiger partial charge in [-0.3, -0.25) is 9.59 Å². The molecule has 83 heavy (non-hydrogen) atoms. The van der Waals surface area contributed by atoms with Crippen LogP contribution in [0, 0.1) is 0 Å². The lowest BCUT2D eigenvalue weighted by Crippen LogP contribution is -2.64.